The van der Waals surface area contributed by atoms with E-state index in [4.69, 9.17) is 5.21 Å². The Morgan fingerprint density at radius 2 is 2.50 bits per heavy atom. The van der Waals surface area contributed by atoms with Crippen LogP contribution in [-0.2, 0) is 0 Å². The van der Waals surface area contributed by atoms with Crippen LogP contribution < -0.4 is 0 Å². The minimum absolute atomic E-state index is 1.01. The largest absolute Gasteiger partial charge is 0.411 e. The van der Waals surface area contributed by atoms with Crippen LogP contribution in [-0.4, -0.2) is 29.4 Å². The van der Waals surface area contributed by atoms with Crippen LogP contribution in [0.5, 0.6) is 0 Å². The molecule has 0 spiro atoms. The molecule has 0 aliphatic carbocycles. The predicted molar refractivity (Wildman–Crippen MR) is 47.3 cm³/mol. The SMILES string of the molecule is O/N=C/C1=C2CCCN2CC=C1. The summed E-state index contributed by atoms with van der Waals surface area (Å²) in [6, 6.07) is 0. The summed E-state index contributed by atoms with van der Waals surface area (Å²) in [6.45, 7) is 2.15. The van der Waals surface area contributed by atoms with E-state index < -0.39 is 0 Å². The molecule has 3 heteroatoms. The van der Waals surface area contributed by atoms with Gasteiger partial charge in [-0.2, -0.15) is 0 Å². The molecule has 12 heavy (non-hydrogen) atoms. The van der Waals surface area contributed by atoms with Crippen molar-refractivity contribution < 1.29 is 5.21 Å². The zero-order chi connectivity index (χ0) is 8.39. The van der Waals surface area contributed by atoms with Gasteiger partial charge in [0.25, 0.3) is 0 Å². The second kappa shape index (κ2) is 3.01. The van der Waals surface area contributed by atoms with E-state index in [1.54, 1.807) is 0 Å². The van der Waals surface area contributed by atoms with Crippen molar-refractivity contribution in [1.29, 1.82) is 0 Å². The molecule has 0 aromatic carbocycles. The van der Waals surface area contributed by atoms with Crippen LogP contribution in [0.1, 0.15) is 12.8 Å². The molecule has 0 bridgehead atoms. The second-order valence-corrected chi connectivity index (χ2v) is 3.10. The van der Waals surface area contributed by atoms with Crippen molar-refractivity contribution in [3.8, 4) is 0 Å². The highest BCUT2D eigenvalue weighted by Crippen LogP contribution is 2.26. The number of fused-ring (bicyclic) bond motifs is 1. The van der Waals surface area contributed by atoms with Gasteiger partial charge in [0.05, 0.1) is 6.21 Å². The molecule has 2 aliphatic rings. The first-order valence-electron chi connectivity index (χ1n) is 4.24. The Morgan fingerprint density at radius 3 is 3.33 bits per heavy atom. The van der Waals surface area contributed by atoms with Gasteiger partial charge in [-0.1, -0.05) is 17.3 Å². The van der Waals surface area contributed by atoms with E-state index in [0.717, 1.165) is 25.1 Å². The Bertz CT molecular complexity index is 262. The number of hydrogen-bond donors (Lipinski definition) is 1. The highest BCUT2D eigenvalue weighted by atomic mass is 16.4. The van der Waals surface area contributed by atoms with Crippen molar-refractivity contribution in [2.45, 2.75) is 12.8 Å². The Balaban J connectivity index is 2.31. The number of oxime groups is 1. The minimum Gasteiger partial charge on any atom is -0.411 e. The summed E-state index contributed by atoms with van der Waals surface area (Å²) in [7, 11) is 0. The van der Waals surface area contributed by atoms with Gasteiger partial charge in [-0.3, -0.25) is 0 Å². The van der Waals surface area contributed by atoms with E-state index >= 15 is 0 Å². The van der Waals surface area contributed by atoms with Gasteiger partial charge in [-0.25, -0.2) is 0 Å². The summed E-state index contributed by atoms with van der Waals surface area (Å²) in [5.74, 6) is 0. The molecule has 0 unspecified atom stereocenters. The molecule has 1 saturated heterocycles. The maximum atomic E-state index is 8.42. The summed E-state index contributed by atoms with van der Waals surface area (Å²) in [6.07, 6.45) is 7.98. The van der Waals surface area contributed by atoms with Gasteiger partial charge in [0.1, 0.15) is 0 Å². The quantitative estimate of drug-likeness (QED) is 0.361. The summed E-state index contributed by atoms with van der Waals surface area (Å²) >= 11 is 0. The van der Waals surface area contributed by atoms with E-state index in [9.17, 15) is 0 Å². The fourth-order valence-corrected chi connectivity index (χ4v) is 1.84. The molecule has 0 saturated carbocycles. The van der Waals surface area contributed by atoms with E-state index in [1.807, 2.05) is 6.08 Å². The first-order chi connectivity index (χ1) is 5.92. The van der Waals surface area contributed by atoms with Gasteiger partial charge in [0.15, 0.2) is 0 Å². The summed E-state index contributed by atoms with van der Waals surface area (Å²) in [5.41, 5.74) is 2.39. The maximum absolute atomic E-state index is 8.42. The minimum atomic E-state index is 1.01. The van der Waals surface area contributed by atoms with Gasteiger partial charge < -0.3 is 10.1 Å². The molecular formula is C9H12N2O. The third-order valence-corrected chi connectivity index (χ3v) is 2.38. The highest BCUT2D eigenvalue weighted by molar-refractivity contribution is 5.83. The summed E-state index contributed by atoms with van der Waals surface area (Å²) in [5, 5.41) is 11.5. The maximum Gasteiger partial charge on any atom is 0.0751 e. The molecule has 2 rings (SSSR count). The predicted octanol–water partition coefficient (Wildman–Crippen LogP) is 1.37. The molecule has 0 atom stereocenters. The van der Waals surface area contributed by atoms with Crippen molar-refractivity contribution in [2.75, 3.05) is 13.1 Å². The molecular weight excluding hydrogens is 152 g/mol. The van der Waals surface area contributed by atoms with E-state index in [0.29, 0.717) is 0 Å². The lowest BCUT2D eigenvalue weighted by atomic mass is 10.1. The van der Waals surface area contributed by atoms with Crippen molar-refractivity contribution >= 4 is 6.21 Å². The molecule has 1 fully saturated rings. The lowest BCUT2D eigenvalue weighted by Gasteiger charge is -2.22. The second-order valence-electron chi connectivity index (χ2n) is 3.10. The standard InChI is InChI=1S/C9H12N2O/c12-10-7-8-3-1-5-11-6-2-4-9(8)11/h1,3,7,12H,2,4-6H2/b10-7+. The van der Waals surface area contributed by atoms with Gasteiger partial charge in [-0.05, 0) is 12.8 Å². The van der Waals surface area contributed by atoms with Crippen LogP contribution in [0.15, 0.2) is 28.6 Å². The van der Waals surface area contributed by atoms with Crippen LogP contribution in [0, 0.1) is 0 Å². The molecule has 0 aromatic heterocycles. The number of hydrogen-bond acceptors (Lipinski definition) is 3. The first-order valence-corrected chi connectivity index (χ1v) is 4.24. The Morgan fingerprint density at radius 1 is 1.58 bits per heavy atom. The van der Waals surface area contributed by atoms with Crippen molar-refractivity contribution in [3.63, 3.8) is 0 Å². The summed E-state index contributed by atoms with van der Waals surface area (Å²) in [4.78, 5) is 2.33. The molecule has 2 aliphatic heterocycles. The van der Waals surface area contributed by atoms with Gasteiger partial charge in [-0.15, -0.1) is 0 Å². The number of rotatable bonds is 1. The summed E-state index contributed by atoms with van der Waals surface area (Å²) < 4.78 is 0. The molecule has 0 aromatic rings. The average molecular weight is 164 g/mol. The van der Waals surface area contributed by atoms with Crippen LogP contribution in [0.4, 0.5) is 0 Å². The molecule has 1 N–H and O–H groups in total. The van der Waals surface area contributed by atoms with Gasteiger partial charge in [0, 0.05) is 24.4 Å². The topological polar surface area (TPSA) is 35.8 Å². The first kappa shape index (κ1) is 7.40. The van der Waals surface area contributed by atoms with E-state index in [2.05, 4.69) is 16.1 Å². The van der Waals surface area contributed by atoms with Crippen molar-refractivity contribution in [2.24, 2.45) is 5.16 Å². The highest BCUT2D eigenvalue weighted by Gasteiger charge is 2.20. The fraction of sp³-hybridized carbons (Fsp3) is 0.444. The molecule has 3 nitrogen and oxygen atoms in total. The normalized spacial score (nSPS) is 22.5. The molecule has 0 radical (unpaired) electrons. The smallest absolute Gasteiger partial charge is 0.0751 e. The molecule has 64 valence electrons. The lowest BCUT2D eigenvalue weighted by Crippen LogP contribution is -2.21. The Kier molecular flexibility index (Phi) is 1.86. The zero-order valence-corrected chi connectivity index (χ0v) is 6.90. The molecule has 2 heterocycles. The van der Waals surface area contributed by atoms with E-state index in [-0.39, 0.29) is 0 Å². The lowest BCUT2D eigenvalue weighted by molar-refractivity contribution is 0.321. The van der Waals surface area contributed by atoms with Crippen LogP contribution in [0.2, 0.25) is 0 Å². The van der Waals surface area contributed by atoms with Crippen molar-refractivity contribution in [3.05, 3.63) is 23.4 Å². The van der Waals surface area contributed by atoms with Gasteiger partial charge >= 0.3 is 0 Å². The van der Waals surface area contributed by atoms with Gasteiger partial charge in [0.2, 0.25) is 0 Å². The van der Waals surface area contributed by atoms with Crippen molar-refractivity contribution in [1.82, 2.24) is 4.90 Å². The monoisotopic (exact) mass is 164 g/mol. The Labute approximate surface area is 71.7 Å². The van der Waals surface area contributed by atoms with Crippen LogP contribution in [0.3, 0.4) is 0 Å². The Hall–Kier alpha value is -1.25. The molecule has 0 amide bonds. The van der Waals surface area contributed by atoms with E-state index in [1.165, 1.54) is 18.3 Å². The fourth-order valence-electron chi connectivity index (χ4n) is 1.84. The third kappa shape index (κ3) is 1.11. The number of allylic oxidation sites excluding steroid dienone is 3. The average Bonchev–Trinajstić information content (AvgIpc) is 2.53. The number of nitrogens with zero attached hydrogens (tertiary/aromatic N) is 2. The third-order valence-electron chi connectivity index (χ3n) is 2.38. The van der Waals surface area contributed by atoms with Crippen LogP contribution >= 0.6 is 0 Å². The van der Waals surface area contributed by atoms with Crippen LogP contribution in [0.25, 0.3) is 0 Å². The zero-order valence-electron chi connectivity index (χ0n) is 6.90.